The van der Waals surface area contributed by atoms with Crippen molar-refractivity contribution in [2.45, 2.75) is 12.2 Å². The Morgan fingerprint density at radius 2 is 2.17 bits per heavy atom. The molecule has 2 heterocycles. The van der Waals surface area contributed by atoms with Crippen LogP contribution >= 0.6 is 11.3 Å². The van der Waals surface area contributed by atoms with Gasteiger partial charge >= 0.3 is 0 Å². The molecule has 18 heavy (non-hydrogen) atoms. The van der Waals surface area contributed by atoms with Gasteiger partial charge in [0.1, 0.15) is 5.01 Å². The van der Waals surface area contributed by atoms with Crippen LogP contribution in [-0.2, 0) is 22.0 Å². The molecule has 1 aliphatic rings. The first-order valence-electron chi connectivity index (χ1n) is 5.58. The zero-order valence-electron chi connectivity index (χ0n) is 9.59. The number of hydrogen-bond acceptors (Lipinski definition) is 5. The normalized spacial score (nSPS) is 17.3. The molecule has 0 saturated heterocycles. The summed E-state index contributed by atoms with van der Waals surface area (Å²) in [6.45, 7) is 0. The Balaban J connectivity index is 2.04. The van der Waals surface area contributed by atoms with Crippen molar-refractivity contribution >= 4 is 26.9 Å². The summed E-state index contributed by atoms with van der Waals surface area (Å²) in [5.74, 6) is 0.336. The van der Waals surface area contributed by atoms with Crippen LogP contribution in [-0.4, -0.2) is 19.2 Å². The van der Waals surface area contributed by atoms with E-state index < -0.39 is 9.84 Å². The fourth-order valence-corrected chi connectivity index (χ4v) is 4.90. The van der Waals surface area contributed by atoms with E-state index in [1.165, 1.54) is 11.3 Å². The van der Waals surface area contributed by atoms with Gasteiger partial charge in [-0.25, -0.2) is 13.4 Å². The van der Waals surface area contributed by atoms with Gasteiger partial charge in [-0.1, -0.05) is 12.1 Å². The van der Waals surface area contributed by atoms with Crippen molar-refractivity contribution in [3.63, 3.8) is 0 Å². The van der Waals surface area contributed by atoms with Gasteiger partial charge in [-0.05, 0) is 12.1 Å². The predicted molar refractivity (Wildman–Crippen MR) is 73.2 cm³/mol. The lowest BCUT2D eigenvalue weighted by Crippen LogP contribution is -2.17. The fourth-order valence-electron chi connectivity index (χ4n) is 2.01. The number of thiazole rings is 1. The lowest BCUT2D eigenvalue weighted by molar-refractivity contribution is 0.591. The van der Waals surface area contributed by atoms with Crippen LogP contribution in [0.1, 0.15) is 10.6 Å². The SMILES string of the molecule is Nc1cccc(-c2nc3c(s2)CS(=O)(=O)CC3)c1. The third kappa shape index (κ3) is 2.13. The number of nitrogens with two attached hydrogens (primary N) is 1. The predicted octanol–water partition coefficient (Wildman–Crippen LogP) is 1.86. The number of benzene rings is 1. The number of sulfone groups is 1. The lowest BCUT2D eigenvalue weighted by Gasteiger charge is -2.09. The third-order valence-electron chi connectivity index (χ3n) is 2.91. The quantitative estimate of drug-likeness (QED) is 0.809. The van der Waals surface area contributed by atoms with Crippen LogP contribution in [0.5, 0.6) is 0 Å². The topological polar surface area (TPSA) is 73.0 Å². The molecule has 0 bridgehead atoms. The Morgan fingerprint density at radius 1 is 1.33 bits per heavy atom. The van der Waals surface area contributed by atoms with Gasteiger partial charge in [-0.3, -0.25) is 0 Å². The summed E-state index contributed by atoms with van der Waals surface area (Å²) in [5, 5.41) is 0.851. The summed E-state index contributed by atoms with van der Waals surface area (Å²) in [6.07, 6.45) is 0.524. The van der Waals surface area contributed by atoms with Crippen LogP contribution in [0.4, 0.5) is 5.69 Å². The average Bonchev–Trinajstić information content (AvgIpc) is 2.70. The molecule has 94 valence electrons. The molecule has 1 aromatic heterocycles. The number of anilines is 1. The van der Waals surface area contributed by atoms with Gasteiger partial charge < -0.3 is 5.73 Å². The van der Waals surface area contributed by atoms with Gasteiger partial charge in [0, 0.05) is 22.5 Å². The van der Waals surface area contributed by atoms with Crippen molar-refractivity contribution in [3.05, 3.63) is 34.8 Å². The molecule has 0 spiro atoms. The molecule has 0 radical (unpaired) electrons. The Kier molecular flexibility index (Phi) is 2.64. The standard InChI is InChI=1S/C12H12N2O2S2/c13-9-3-1-2-8(6-9)12-14-10-4-5-18(15,16)7-11(10)17-12/h1-3,6H,4-5,7,13H2. The monoisotopic (exact) mass is 280 g/mol. The van der Waals surface area contributed by atoms with Crippen molar-refractivity contribution in [1.29, 1.82) is 0 Å². The average molecular weight is 280 g/mol. The second-order valence-electron chi connectivity index (χ2n) is 4.36. The summed E-state index contributed by atoms with van der Waals surface area (Å²) in [7, 11) is -2.93. The van der Waals surface area contributed by atoms with Crippen molar-refractivity contribution < 1.29 is 8.42 Å². The first kappa shape index (κ1) is 11.7. The molecule has 3 rings (SSSR count). The highest BCUT2D eigenvalue weighted by Gasteiger charge is 2.25. The lowest BCUT2D eigenvalue weighted by atomic mass is 10.2. The Bertz CT molecular complexity index is 705. The van der Waals surface area contributed by atoms with E-state index >= 15 is 0 Å². The zero-order chi connectivity index (χ0) is 12.8. The van der Waals surface area contributed by atoms with E-state index in [0.29, 0.717) is 12.1 Å². The summed E-state index contributed by atoms with van der Waals surface area (Å²) >= 11 is 1.45. The number of hydrogen-bond donors (Lipinski definition) is 1. The minimum Gasteiger partial charge on any atom is -0.399 e. The highest BCUT2D eigenvalue weighted by Crippen LogP contribution is 2.32. The van der Waals surface area contributed by atoms with Crippen molar-refractivity contribution in [2.24, 2.45) is 0 Å². The van der Waals surface area contributed by atoms with Crippen molar-refractivity contribution in [1.82, 2.24) is 4.98 Å². The second kappa shape index (κ2) is 4.07. The van der Waals surface area contributed by atoms with Crippen molar-refractivity contribution in [2.75, 3.05) is 11.5 Å². The molecule has 2 aromatic rings. The molecule has 2 N–H and O–H groups in total. The van der Waals surface area contributed by atoms with E-state index in [0.717, 1.165) is 21.1 Å². The van der Waals surface area contributed by atoms with Crippen LogP contribution in [0.3, 0.4) is 0 Å². The van der Waals surface area contributed by atoms with Crippen LogP contribution in [0.25, 0.3) is 10.6 Å². The number of nitrogen functional groups attached to an aromatic ring is 1. The van der Waals surface area contributed by atoms with Gasteiger partial charge in [0.15, 0.2) is 9.84 Å². The summed E-state index contributed by atoms with van der Waals surface area (Å²) in [6, 6.07) is 7.50. The molecule has 4 nitrogen and oxygen atoms in total. The first-order chi connectivity index (χ1) is 8.53. The van der Waals surface area contributed by atoms with Crippen LogP contribution < -0.4 is 5.73 Å². The Hall–Kier alpha value is -1.40. The third-order valence-corrected chi connectivity index (χ3v) is 5.80. The zero-order valence-corrected chi connectivity index (χ0v) is 11.2. The van der Waals surface area contributed by atoms with Gasteiger partial charge in [0.25, 0.3) is 0 Å². The van der Waals surface area contributed by atoms with E-state index in [1.807, 2.05) is 24.3 Å². The van der Waals surface area contributed by atoms with Crippen LogP contribution in [0.15, 0.2) is 24.3 Å². The van der Waals surface area contributed by atoms with E-state index in [9.17, 15) is 8.42 Å². The second-order valence-corrected chi connectivity index (χ2v) is 7.62. The number of aromatic nitrogens is 1. The van der Waals surface area contributed by atoms with E-state index in [2.05, 4.69) is 4.98 Å². The molecular formula is C12H12N2O2S2. The van der Waals surface area contributed by atoms with Crippen LogP contribution in [0.2, 0.25) is 0 Å². The van der Waals surface area contributed by atoms with Gasteiger partial charge in [-0.2, -0.15) is 0 Å². The molecular weight excluding hydrogens is 268 g/mol. The first-order valence-corrected chi connectivity index (χ1v) is 8.22. The molecule has 0 atom stereocenters. The number of fused-ring (bicyclic) bond motifs is 1. The van der Waals surface area contributed by atoms with Crippen LogP contribution in [0, 0.1) is 0 Å². The van der Waals surface area contributed by atoms with Gasteiger partial charge in [0.05, 0.1) is 17.2 Å². The molecule has 1 aliphatic heterocycles. The summed E-state index contributed by atoms with van der Waals surface area (Å²) < 4.78 is 23.1. The molecule has 0 aliphatic carbocycles. The number of rotatable bonds is 1. The largest absolute Gasteiger partial charge is 0.399 e. The van der Waals surface area contributed by atoms with Crippen molar-refractivity contribution in [3.8, 4) is 10.6 Å². The van der Waals surface area contributed by atoms with E-state index in [-0.39, 0.29) is 11.5 Å². The number of aryl methyl sites for hydroxylation is 1. The maximum Gasteiger partial charge on any atom is 0.155 e. The minimum absolute atomic E-state index is 0.127. The molecule has 6 heteroatoms. The minimum atomic E-state index is -2.93. The Labute approximate surface area is 109 Å². The molecule has 0 saturated carbocycles. The fraction of sp³-hybridized carbons (Fsp3) is 0.250. The molecule has 0 unspecified atom stereocenters. The van der Waals surface area contributed by atoms with E-state index in [1.54, 1.807) is 0 Å². The summed E-state index contributed by atoms with van der Waals surface area (Å²) in [5.41, 5.74) is 8.30. The highest BCUT2D eigenvalue weighted by molar-refractivity contribution is 7.90. The highest BCUT2D eigenvalue weighted by atomic mass is 32.2. The molecule has 0 fully saturated rings. The maximum absolute atomic E-state index is 11.6. The van der Waals surface area contributed by atoms with Gasteiger partial charge in [-0.15, -0.1) is 11.3 Å². The smallest absolute Gasteiger partial charge is 0.155 e. The molecule has 1 aromatic carbocycles. The maximum atomic E-state index is 11.6. The van der Waals surface area contributed by atoms with E-state index in [4.69, 9.17) is 5.73 Å². The molecule has 0 amide bonds. The number of nitrogens with zero attached hydrogens (tertiary/aromatic N) is 1. The Morgan fingerprint density at radius 3 is 2.94 bits per heavy atom. The summed E-state index contributed by atoms with van der Waals surface area (Å²) in [4.78, 5) is 5.40. The van der Waals surface area contributed by atoms with Gasteiger partial charge in [0.2, 0.25) is 0 Å².